The van der Waals surface area contributed by atoms with Crippen molar-refractivity contribution in [3.05, 3.63) is 51.1 Å². The predicted octanol–water partition coefficient (Wildman–Crippen LogP) is 0.0730. The second kappa shape index (κ2) is 8.21. The van der Waals surface area contributed by atoms with Gasteiger partial charge in [0, 0.05) is 13.6 Å². The van der Waals surface area contributed by atoms with Gasteiger partial charge in [0.25, 0.3) is 11.5 Å². The highest BCUT2D eigenvalue weighted by atomic mass is 79.9. The summed E-state index contributed by atoms with van der Waals surface area (Å²) < 4.78 is 8.27. The van der Waals surface area contributed by atoms with Crippen molar-refractivity contribution in [2.24, 2.45) is 12.8 Å². The number of ether oxygens (including phenoxy) is 1. The number of hydrogen-bond donors (Lipinski definition) is 2. The van der Waals surface area contributed by atoms with Crippen LogP contribution in [0.5, 0.6) is 5.75 Å². The van der Waals surface area contributed by atoms with Crippen LogP contribution in [0.25, 0.3) is 11.0 Å². The molecule has 0 saturated heterocycles. The molecule has 0 fully saturated rings. The number of amides is 2. The third-order valence-corrected chi connectivity index (χ3v) is 4.43. The minimum Gasteiger partial charge on any atom is -0.484 e. The molecule has 10 nitrogen and oxygen atoms in total. The molecule has 3 N–H and O–H groups in total. The molecule has 2 aromatic heterocycles. The zero-order chi connectivity index (χ0) is 20.3. The lowest BCUT2D eigenvalue weighted by Crippen LogP contribution is -2.32. The number of primary amides is 1. The number of nitrogens with two attached hydrogens (primary N) is 1. The van der Waals surface area contributed by atoms with E-state index in [4.69, 9.17) is 10.5 Å². The van der Waals surface area contributed by atoms with Gasteiger partial charge in [-0.1, -0.05) is 12.1 Å². The van der Waals surface area contributed by atoms with E-state index in [-0.39, 0.29) is 31.2 Å². The average molecular weight is 449 g/mol. The minimum atomic E-state index is -0.558. The number of nitrogens with one attached hydrogen (secondary N) is 1. The lowest BCUT2D eigenvalue weighted by molar-refractivity contribution is -0.122. The Bertz CT molecular complexity index is 1090. The molecule has 0 aliphatic carbocycles. The molecule has 2 amide bonds. The molecule has 0 spiro atoms. The Hall–Kier alpha value is -3.21. The van der Waals surface area contributed by atoms with Gasteiger partial charge in [-0.2, -0.15) is 5.10 Å². The maximum Gasteiger partial charge on any atom is 0.266 e. The zero-order valence-corrected chi connectivity index (χ0v) is 16.5. The highest BCUT2D eigenvalue weighted by Crippen LogP contribution is 2.16. The highest BCUT2D eigenvalue weighted by Gasteiger charge is 2.14. The smallest absolute Gasteiger partial charge is 0.266 e. The molecule has 1 aromatic carbocycles. The third-order valence-electron chi connectivity index (χ3n) is 3.88. The van der Waals surface area contributed by atoms with Crippen molar-refractivity contribution in [3.63, 3.8) is 0 Å². The number of aryl methyl sites for hydroxylation is 1. The second-order valence-electron chi connectivity index (χ2n) is 5.97. The van der Waals surface area contributed by atoms with Crippen LogP contribution in [0, 0.1) is 0 Å². The first-order valence-corrected chi connectivity index (χ1v) is 8.99. The van der Waals surface area contributed by atoms with Crippen LogP contribution < -0.4 is 21.3 Å². The summed E-state index contributed by atoms with van der Waals surface area (Å²) in [5.41, 5.74) is 5.93. The van der Waals surface area contributed by atoms with E-state index in [1.165, 1.54) is 15.6 Å². The average Bonchev–Trinajstić information content (AvgIpc) is 2.95. The fraction of sp³-hybridized carbons (Fsp3) is 0.235. The van der Waals surface area contributed by atoms with Crippen LogP contribution in [0.3, 0.4) is 0 Å². The van der Waals surface area contributed by atoms with Gasteiger partial charge in [0.15, 0.2) is 12.3 Å². The molecular formula is C17H17BrN6O4. The van der Waals surface area contributed by atoms with Gasteiger partial charge in [-0.25, -0.2) is 9.67 Å². The molecular weight excluding hydrogens is 432 g/mol. The number of carbonyl (C=O) groups is 2. The van der Waals surface area contributed by atoms with Crippen molar-refractivity contribution in [3.8, 4) is 5.75 Å². The van der Waals surface area contributed by atoms with Crippen LogP contribution in [-0.4, -0.2) is 37.8 Å². The summed E-state index contributed by atoms with van der Waals surface area (Å²) in [5.74, 6) is -0.392. The number of fused-ring (bicyclic) bond motifs is 1. The number of benzene rings is 1. The van der Waals surface area contributed by atoms with Crippen LogP contribution in [0.15, 0.2) is 40.0 Å². The third kappa shape index (κ3) is 4.36. The molecule has 2 heterocycles. The molecule has 0 saturated carbocycles. The summed E-state index contributed by atoms with van der Waals surface area (Å²) in [7, 11) is 1.68. The van der Waals surface area contributed by atoms with Crippen LogP contribution in [0.2, 0.25) is 0 Å². The van der Waals surface area contributed by atoms with E-state index in [0.717, 1.165) is 5.56 Å². The van der Waals surface area contributed by atoms with Crippen LogP contribution >= 0.6 is 15.9 Å². The SMILES string of the molecule is Cn1nc(Br)c2c(=O)n(CC(=O)NCc3ccc(OCC(N)=O)cc3)cnc21. The van der Waals surface area contributed by atoms with Gasteiger partial charge < -0.3 is 15.8 Å². The van der Waals surface area contributed by atoms with Crippen LogP contribution in [0.4, 0.5) is 0 Å². The van der Waals surface area contributed by atoms with E-state index >= 15 is 0 Å². The van der Waals surface area contributed by atoms with Gasteiger partial charge in [0.1, 0.15) is 28.6 Å². The Balaban J connectivity index is 1.61. The largest absolute Gasteiger partial charge is 0.484 e. The molecule has 0 bridgehead atoms. The summed E-state index contributed by atoms with van der Waals surface area (Å²) in [6.07, 6.45) is 1.32. The topological polar surface area (TPSA) is 134 Å². The van der Waals surface area contributed by atoms with Crippen molar-refractivity contribution >= 4 is 38.8 Å². The molecule has 146 valence electrons. The molecule has 3 aromatic rings. The number of hydrogen-bond acceptors (Lipinski definition) is 6. The van der Waals surface area contributed by atoms with Gasteiger partial charge in [-0.15, -0.1) is 0 Å². The van der Waals surface area contributed by atoms with Crippen LogP contribution in [-0.2, 0) is 29.7 Å². The fourth-order valence-corrected chi connectivity index (χ4v) is 3.10. The van der Waals surface area contributed by atoms with Gasteiger partial charge >= 0.3 is 0 Å². The first-order chi connectivity index (χ1) is 13.3. The molecule has 0 atom stereocenters. The zero-order valence-electron chi connectivity index (χ0n) is 14.9. The maximum absolute atomic E-state index is 12.5. The van der Waals surface area contributed by atoms with E-state index in [0.29, 0.717) is 21.4 Å². The van der Waals surface area contributed by atoms with Crippen LogP contribution in [0.1, 0.15) is 5.56 Å². The molecule has 0 unspecified atom stereocenters. The Labute approximate surface area is 167 Å². The molecule has 3 rings (SSSR count). The Kier molecular flexibility index (Phi) is 5.73. The number of halogens is 1. The number of rotatable bonds is 7. The van der Waals surface area contributed by atoms with Crippen molar-refractivity contribution < 1.29 is 14.3 Å². The monoisotopic (exact) mass is 448 g/mol. The summed E-state index contributed by atoms with van der Waals surface area (Å²) in [6.45, 7) is -0.0882. The van der Waals surface area contributed by atoms with E-state index in [1.807, 2.05) is 0 Å². The van der Waals surface area contributed by atoms with Gasteiger partial charge in [0.05, 0.1) is 0 Å². The van der Waals surface area contributed by atoms with E-state index < -0.39 is 5.91 Å². The van der Waals surface area contributed by atoms with Gasteiger partial charge in [0.2, 0.25) is 5.91 Å². The minimum absolute atomic E-state index is 0.164. The predicted molar refractivity (Wildman–Crippen MR) is 103 cm³/mol. The summed E-state index contributed by atoms with van der Waals surface area (Å²) in [6, 6.07) is 6.85. The van der Waals surface area contributed by atoms with Crippen molar-refractivity contribution in [2.45, 2.75) is 13.1 Å². The number of carbonyl (C=O) groups excluding carboxylic acids is 2. The molecule has 0 aliphatic heterocycles. The van der Waals surface area contributed by atoms with Crippen molar-refractivity contribution in [1.82, 2.24) is 24.6 Å². The lowest BCUT2D eigenvalue weighted by Gasteiger charge is -2.08. The summed E-state index contributed by atoms with van der Waals surface area (Å²) in [4.78, 5) is 39.6. The standard InChI is InChI=1S/C17H17BrN6O4/c1-23-16-14(15(18)22-23)17(27)24(9-21-16)7-13(26)20-6-10-2-4-11(5-3-10)28-8-12(19)25/h2-5,9H,6-8H2,1H3,(H2,19,25)(H,20,26). The highest BCUT2D eigenvalue weighted by molar-refractivity contribution is 9.10. The number of nitrogens with zero attached hydrogens (tertiary/aromatic N) is 4. The normalized spacial score (nSPS) is 10.8. The fourth-order valence-electron chi connectivity index (χ4n) is 2.52. The van der Waals surface area contributed by atoms with E-state index in [1.54, 1.807) is 31.3 Å². The quantitative estimate of drug-likeness (QED) is 0.525. The van der Waals surface area contributed by atoms with Crippen molar-refractivity contribution in [1.29, 1.82) is 0 Å². The molecule has 0 radical (unpaired) electrons. The van der Waals surface area contributed by atoms with Crippen molar-refractivity contribution in [2.75, 3.05) is 6.61 Å². The summed E-state index contributed by atoms with van der Waals surface area (Å²) in [5, 5.41) is 7.16. The number of aromatic nitrogens is 4. The maximum atomic E-state index is 12.5. The van der Waals surface area contributed by atoms with E-state index in [9.17, 15) is 14.4 Å². The second-order valence-corrected chi connectivity index (χ2v) is 6.72. The summed E-state index contributed by atoms with van der Waals surface area (Å²) >= 11 is 3.23. The lowest BCUT2D eigenvalue weighted by atomic mass is 10.2. The first-order valence-electron chi connectivity index (χ1n) is 8.19. The Morgan fingerprint density at radius 1 is 1.29 bits per heavy atom. The molecule has 28 heavy (non-hydrogen) atoms. The van der Waals surface area contributed by atoms with E-state index in [2.05, 4.69) is 31.3 Å². The first kappa shape index (κ1) is 19.5. The van der Waals surface area contributed by atoms with Gasteiger partial charge in [-0.05, 0) is 33.6 Å². The Morgan fingerprint density at radius 3 is 2.68 bits per heavy atom. The molecule has 0 aliphatic rings. The van der Waals surface area contributed by atoms with Gasteiger partial charge in [-0.3, -0.25) is 19.0 Å². The Morgan fingerprint density at radius 2 is 2.00 bits per heavy atom. The molecule has 11 heteroatoms.